The lowest BCUT2D eigenvalue weighted by Crippen LogP contribution is -2.17. The summed E-state index contributed by atoms with van der Waals surface area (Å²) in [5, 5.41) is 9.76. The topological polar surface area (TPSA) is 71.8 Å². The summed E-state index contributed by atoms with van der Waals surface area (Å²) in [4.78, 5) is 24.0. The number of likely N-dealkylation sites (N-methyl/N-ethyl adjacent to an activating group) is 1. The number of carbonyl (C=O) groups excluding carboxylic acids is 1. The van der Waals surface area contributed by atoms with Gasteiger partial charge in [0.05, 0.1) is 6.61 Å². The van der Waals surface area contributed by atoms with Crippen LogP contribution in [-0.2, 0) is 34.2 Å². The Morgan fingerprint density at radius 2 is 1.92 bits per heavy atom. The summed E-state index contributed by atoms with van der Waals surface area (Å²) in [6, 6.07) is 8.16. The first-order valence-electron chi connectivity index (χ1n) is 7.97. The van der Waals surface area contributed by atoms with Crippen LogP contribution in [0.2, 0.25) is 0 Å². The van der Waals surface area contributed by atoms with Gasteiger partial charge in [0.2, 0.25) is 0 Å². The van der Waals surface area contributed by atoms with Crippen LogP contribution in [0.1, 0.15) is 17.7 Å². The number of rotatable bonds is 8. The highest BCUT2D eigenvalue weighted by Gasteiger charge is 2.16. The third-order valence-electron chi connectivity index (χ3n) is 4.05. The number of aryl methyl sites for hydroxylation is 1. The molecule has 2 rings (SSSR count). The second-order valence-corrected chi connectivity index (χ2v) is 6.10. The first-order chi connectivity index (χ1) is 11.4. The minimum Gasteiger partial charge on any atom is -0.481 e. The highest BCUT2D eigenvalue weighted by molar-refractivity contribution is 5.90. The number of fused-ring (bicyclic) bond motifs is 1. The fourth-order valence-corrected chi connectivity index (χ4v) is 2.89. The van der Waals surface area contributed by atoms with Gasteiger partial charge in [-0.25, -0.2) is 0 Å². The van der Waals surface area contributed by atoms with Gasteiger partial charge in [0.1, 0.15) is 6.42 Å². The molecule has 2 aromatic rings. The van der Waals surface area contributed by atoms with E-state index in [-0.39, 0.29) is 6.61 Å². The second-order valence-electron chi connectivity index (χ2n) is 6.10. The van der Waals surface area contributed by atoms with Gasteiger partial charge >= 0.3 is 11.9 Å². The number of para-hydroxylation sites is 1. The number of nitrogens with zero attached hydrogens (tertiary/aromatic N) is 2. The summed E-state index contributed by atoms with van der Waals surface area (Å²) in [5.74, 6) is -1.87. The van der Waals surface area contributed by atoms with Gasteiger partial charge in [-0.1, -0.05) is 18.2 Å². The molecule has 6 nitrogen and oxygen atoms in total. The molecule has 1 aromatic heterocycles. The Bertz CT molecular complexity index is 734. The monoisotopic (exact) mass is 332 g/mol. The molecule has 0 unspecified atom stereocenters. The number of aliphatic carboxylic acids is 1. The first-order valence-corrected chi connectivity index (χ1v) is 7.97. The average Bonchev–Trinajstić information content (AvgIpc) is 2.77. The van der Waals surface area contributed by atoms with Crippen LogP contribution in [0.4, 0.5) is 0 Å². The van der Waals surface area contributed by atoms with E-state index in [1.54, 1.807) is 0 Å². The predicted molar refractivity (Wildman–Crippen MR) is 92.1 cm³/mol. The number of hydrogen-bond acceptors (Lipinski definition) is 4. The molecule has 1 N–H and O–H groups in total. The van der Waals surface area contributed by atoms with Crippen molar-refractivity contribution in [3.63, 3.8) is 0 Å². The molecule has 0 amide bonds. The van der Waals surface area contributed by atoms with Crippen molar-refractivity contribution >= 4 is 22.8 Å². The van der Waals surface area contributed by atoms with Crippen molar-refractivity contribution < 1.29 is 19.4 Å². The normalized spacial score (nSPS) is 11.2. The largest absolute Gasteiger partial charge is 0.481 e. The number of carbonyl (C=O) groups is 2. The molecular weight excluding hydrogens is 308 g/mol. The Labute approximate surface area is 141 Å². The average molecular weight is 332 g/mol. The molecule has 0 saturated heterocycles. The minimum atomic E-state index is -1.17. The number of carboxylic acid groups (broad SMARTS) is 1. The van der Waals surface area contributed by atoms with Crippen molar-refractivity contribution in [3.05, 3.63) is 35.5 Å². The smallest absolute Gasteiger partial charge is 0.317 e. The number of ether oxygens (including phenoxy) is 1. The molecule has 0 atom stereocenters. The van der Waals surface area contributed by atoms with Crippen LogP contribution < -0.4 is 0 Å². The maximum Gasteiger partial charge on any atom is 0.317 e. The summed E-state index contributed by atoms with van der Waals surface area (Å²) in [7, 11) is 6.12. The summed E-state index contributed by atoms with van der Waals surface area (Å²) >= 11 is 0. The van der Waals surface area contributed by atoms with Crippen LogP contribution in [0.3, 0.4) is 0 Å². The summed E-state index contributed by atoms with van der Waals surface area (Å²) in [6.07, 6.45) is 0.884. The number of carboxylic acids is 1. The van der Waals surface area contributed by atoms with E-state index in [2.05, 4.69) is 21.6 Å². The van der Waals surface area contributed by atoms with Crippen LogP contribution in [-0.4, -0.2) is 53.8 Å². The molecule has 0 fully saturated rings. The van der Waals surface area contributed by atoms with Crippen molar-refractivity contribution in [1.82, 2.24) is 9.47 Å². The van der Waals surface area contributed by atoms with E-state index in [9.17, 15) is 9.59 Å². The number of hydrogen-bond donors (Lipinski definition) is 1. The maximum absolute atomic E-state index is 11.4. The molecule has 6 heteroatoms. The SMILES string of the molecule is CN(C)CCc1c(CCOC(=O)CC(=O)O)c2ccccc2n1C. The van der Waals surface area contributed by atoms with Gasteiger partial charge in [0.25, 0.3) is 0 Å². The van der Waals surface area contributed by atoms with Crippen LogP contribution in [0.15, 0.2) is 24.3 Å². The molecular formula is C18H24N2O4. The Balaban J connectivity index is 2.18. The van der Waals surface area contributed by atoms with Crippen LogP contribution >= 0.6 is 0 Å². The highest BCUT2D eigenvalue weighted by atomic mass is 16.5. The van der Waals surface area contributed by atoms with Crippen LogP contribution in [0.5, 0.6) is 0 Å². The molecule has 0 aliphatic heterocycles. The zero-order valence-corrected chi connectivity index (χ0v) is 14.4. The fourth-order valence-electron chi connectivity index (χ4n) is 2.89. The Morgan fingerprint density at radius 3 is 2.58 bits per heavy atom. The number of benzene rings is 1. The summed E-state index contributed by atoms with van der Waals surface area (Å²) in [5.41, 5.74) is 3.54. The Morgan fingerprint density at radius 1 is 1.21 bits per heavy atom. The zero-order chi connectivity index (χ0) is 17.7. The van der Waals surface area contributed by atoms with Gasteiger partial charge in [-0.15, -0.1) is 0 Å². The number of esters is 1. The lowest BCUT2D eigenvalue weighted by Gasteiger charge is -2.12. The van der Waals surface area contributed by atoms with E-state index < -0.39 is 18.4 Å². The van der Waals surface area contributed by atoms with Gasteiger partial charge in [0.15, 0.2) is 0 Å². The van der Waals surface area contributed by atoms with E-state index in [4.69, 9.17) is 9.84 Å². The Hall–Kier alpha value is -2.34. The van der Waals surface area contributed by atoms with Gasteiger partial charge < -0.3 is 19.3 Å². The Kier molecular flexibility index (Phi) is 5.98. The van der Waals surface area contributed by atoms with Crippen molar-refractivity contribution in [2.45, 2.75) is 19.3 Å². The van der Waals surface area contributed by atoms with Crippen molar-refractivity contribution in [1.29, 1.82) is 0 Å². The van der Waals surface area contributed by atoms with E-state index in [0.29, 0.717) is 6.42 Å². The maximum atomic E-state index is 11.4. The molecule has 0 bridgehead atoms. The van der Waals surface area contributed by atoms with Crippen LogP contribution in [0.25, 0.3) is 10.9 Å². The molecule has 1 aromatic carbocycles. The van der Waals surface area contributed by atoms with Crippen molar-refractivity contribution in [2.24, 2.45) is 7.05 Å². The van der Waals surface area contributed by atoms with E-state index in [0.717, 1.165) is 29.4 Å². The van der Waals surface area contributed by atoms with Crippen molar-refractivity contribution in [2.75, 3.05) is 27.2 Å². The lowest BCUT2D eigenvalue weighted by molar-refractivity contribution is -0.151. The third-order valence-corrected chi connectivity index (χ3v) is 4.05. The van der Waals surface area contributed by atoms with E-state index in [1.807, 2.05) is 33.3 Å². The fraction of sp³-hybridized carbons (Fsp3) is 0.444. The van der Waals surface area contributed by atoms with E-state index in [1.165, 1.54) is 5.69 Å². The predicted octanol–water partition coefficient (Wildman–Crippen LogP) is 1.84. The van der Waals surface area contributed by atoms with Gasteiger partial charge in [-0.2, -0.15) is 0 Å². The van der Waals surface area contributed by atoms with Crippen molar-refractivity contribution in [3.8, 4) is 0 Å². The summed E-state index contributed by atoms with van der Waals surface area (Å²) < 4.78 is 7.24. The molecule has 0 saturated carbocycles. The molecule has 0 spiro atoms. The molecule has 0 aliphatic carbocycles. The molecule has 0 radical (unpaired) electrons. The van der Waals surface area contributed by atoms with Crippen LogP contribution in [0, 0.1) is 0 Å². The molecule has 0 aliphatic rings. The number of aromatic nitrogens is 1. The lowest BCUT2D eigenvalue weighted by atomic mass is 10.1. The first kappa shape index (κ1) is 18.0. The zero-order valence-electron chi connectivity index (χ0n) is 14.4. The molecule has 1 heterocycles. The molecule has 130 valence electrons. The quantitative estimate of drug-likeness (QED) is 0.590. The van der Waals surface area contributed by atoms with Gasteiger partial charge in [0, 0.05) is 43.0 Å². The van der Waals surface area contributed by atoms with Gasteiger partial charge in [-0.05, 0) is 25.7 Å². The standard InChI is InChI=1S/C18H24N2O4/c1-19(2)10-8-16-14(9-11-24-18(23)12-17(21)22)13-6-4-5-7-15(13)20(16)3/h4-7H,8-12H2,1-3H3,(H,21,22). The highest BCUT2D eigenvalue weighted by Crippen LogP contribution is 2.26. The minimum absolute atomic E-state index is 0.190. The van der Waals surface area contributed by atoms with Gasteiger partial charge in [-0.3, -0.25) is 9.59 Å². The second kappa shape index (κ2) is 7.97. The van der Waals surface area contributed by atoms with E-state index >= 15 is 0 Å². The molecule has 24 heavy (non-hydrogen) atoms. The third kappa shape index (κ3) is 4.35. The summed E-state index contributed by atoms with van der Waals surface area (Å²) in [6.45, 7) is 1.12.